The van der Waals surface area contributed by atoms with Crippen LogP contribution in [0.5, 0.6) is 0 Å². The smallest absolute Gasteiger partial charge is 0.134 e. The Bertz CT molecular complexity index is 348. The van der Waals surface area contributed by atoms with Crippen molar-refractivity contribution in [2.45, 2.75) is 39.5 Å². The van der Waals surface area contributed by atoms with Crippen LogP contribution in [0.1, 0.15) is 43.3 Å². The van der Waals surface area contributed by atoms with Gasteiger partial charge in [-0.05, 0) is 25.7 Å². The molecule has 2 rings (SSSR count). The van der Waals surface area contributed by atoms with Gasteiger partial charge in [0, 0.05) is 24.2 Å². The molecule has 0 saturated heterocycles. The third kappa shape index (κ3) is 1.83. The molecule has 1 heterocycles. The van der Waals surface area contributed by atoms with E-state index in [1.807, 2.05) is 7.05 Å². The van der Waals surface area contributed by atoms with Gasteiger partial charge in [-0.15, -0.1) is 0 Å². The quantitative estimate of drug-likeness (QED) is 0.824. The lowest BCUT2D eigenvalue weighted by Crippen LogP contribution is -2.06. The van der Waals surface area contributed by atoms with Gasteiger partial charge in [0.05, 0.1) is 0 Å². The number of rotatable bonds is 3. The summed E-state index contributed by atoms with van der Waals surface area (Å²) in [5.74, 6) is 3.40. The van der Waals surface area contributed by atoms with Crippen LogP contribution in [0.3, 0.4) is 0 Å². The highest BCUT2D eigenvalue weighted by atomic mass is 15.0. The summed E-state index contributed by atoms with van der Waals surface area (Å²) in [6.45, 7) is 6.50. The van der Waals surface area contributed by atoms with Gasteiger partial charge in [-0.3, -0.25) is 0 Å². The Morgan fingerprint density at radius 1 is 1.40 bits per heavy atom. The highest BCUT2D eigenvalue weighted by Gasteiger charge is 2.37. The molecule has 1 aliphatic carbocycles. The van der Waals surface area contributed by atoms with Gasteiger partial charge in [0.2, 0.25) is 0 Å². The molecule has 0 aliphatic heterocycles. The van der Waals surface area contributed by atoms with Crippen LogP contribution >= 0.6 is 0 Å². The van der Waals surface area contributed by atoms with Crippen LogP contribution < -0.4 is 5.32 Å². The third-order valence-corrected chi connectivity index (χ3v) is 3.28. The van der Waals surface area contributed by atoms with Crippen molar-refractivity contribution in [3.8, 4) is 0 Å². The monoisotopic (exact) mass is 205 g/mol. The Labute approximate surface area is 91.3 Å². The fourth-order valence-electron chi connectivity index (χ4n) is 2.02. The van der Waals surface area contributed by atoms with E-state index in [2.05, 4.69) is 36.1 Å². The summed E-state index contributed by atoms with van der Waals surface area (Å²) >= 11 is 0. The average molecular weight is 205 g/mol. The van der Waals surface area contributed by atoms with E-state index in [0.717, 1.165) is 24.0 Å². The predicted molar refractivity (Wildman–Crippen MR) is 62.2 cm³/mol. The Hall–Kier alpha value is -1.12. The lowest BCUT2D eigenvalue weighted by molar-refractivity contribution is 0.816. The van der Waals surface area contributed by atoms with Crippen molar-refractivity contribution >= 4 is 5.82 Å². The molecular weight excluding hydrogens is 186 g/mol. The first-order valence-corrected chi connectivity index (χ1v) is 5.72. The zero-order valence-electron chi connectivity index (χ0n) is 9.96. The molecule has 3 nitrogen and oxygen atoms in total. The first-order chi connectivity index (χ1) is 7.17. The van der Waals surface area contributed by atoms with Crippen LogP contribution in [-0.2, 0) is 6.42 Å². The molecule has 1 N–H and O–H groups in total. The minimum atomic E-state index is 0.600. The molecule has 1 fully saturated rings. The molecule has 82 valence electrons. The molecular formula is C12H19N3. The van der Waals surface area contributed by atoms with Gasteiger partial charge >= 0.3 is 0 Å². The maximum atomic E-state index is 4.66. The summed E-state index contributed by atoms with van der Waals surface area (Å²) in [5.41, 5.74) is 2.38. The number of nitrogens with zero attached hydrogens (tertiary/aromatic N) is 2. The SMILES string of the molecule is CCc1nc(C2CC2C)nc(NC)c1C. The second kappa shape index (κ2) is 3.80. The summed E-state index contributed by atoms with van der Waals surface area (Å²) in [7, 11) is 1.93. The van der Waals surface area contributed by atoms with Crippen LogP contribution in [0.25, 0.3) is 0 Å². The van der Waals surface area contributed by atoms with E-state index in [0.29, 0.717) is 5.92 Å². The van der Waals surface area contributed by atoms with Crippen molar-refractivity contribution < 1.29 is 0 Å². The van der Waals surface area contributed by atoms with E-state index >= 15 is 0 Å². The molecule has 1 saturated carbocycles. The minimum Gasteiger partial charge on any atom is -0.373 e. The highest BCUT2D eigenvalue weighted by molar-refractivity contribution is 5.45. The molecule has 0 aromatic carbocycles. The Kier molecular flexibility index (Phi) is 2.63. The van der Waals surface area contributed by atoms with Gasteiger partial charge in [-0.1, -0.05) is 13.8 Å². The zero-order chi connectivity index (χ0) is 11.0. The van der Waals surface area contributed by atoms with E-state index in [4.69, 9.17) is 0 Å². The number of anilines is 1. The number of hydrogen-bond acceptors (Lipinski definition) is 3. The van der Waals surface area contributed by atoms with Gasteiger partial charge in [-0.2, -0.15) is 0 Å². The van der Waals surface area contributed by atoms with Gasteiger partial charge < -0.3 is 5.32 Å². The molecule has 2 atom stereocenters. The van der Waals surface area contributed by atoms with Gasteiger partial charge in [-0.25, -0.2) is 9.97 Å². The first kappa shape index (κ1) is 10.4. The summed E-state index contributed by atoms with van der Waals surface area (Å²) < 4.78 is 0. The molecule has 2 unspecified atom stereocenters. The Balaban J connectivity index is 2.40. The second-order valence-electron chi connectivity index (χ2n) is 4.43. The van der Waals surface area contributed by atoms with E-state index in [9.17, 15) is 0 Å². The number of aryl methyl sites for hydroxylation is 1. The van der Waals surface area contributed by atoms with Crippen molar-refractivity contribution in [3.63, 3.8) is 0 Å². The molecule has 3 heteroatoms. The highest BCUT2D eigenvalue weighted by Crippen LogP contribution is 2.45. The third-order valence-electron chi connectivity index (χ3n) is 3.28. The molecule has 0 amide bonds. The minimum absolute atomic E-state index is 0.600. The number of aromatic nitrogens is 2. The summed E-state index contributed by atoms with van der Waals surface area (Å²) in [6.07, 6.45) is 2.23. The average Bonchev–Trinajstić information content (AvgIpc) is 2.96. The molecule has 1 aromatic rings. The van der Waals surface area contributed by atoms with E-state index < -0.39 is 0 Å². The van der Waals surface area contributed by atoms with E-state index in [1.54, 1.807) is 0 Å². The molecule has 0 bridgehead atoms. The molecule has 0 spiro atoms. The van der Waals surface area contributed by atoms with Gasteiger partial charge in [0.15, 0.2) is 0 Å². The fraction of sp³-hybridized carbons (Fsp3) is 0.667. The van der Waals surface area contributed by atoms with Gasteiger partial charge in [0.1, 0.15) is 11.6 Å². The molecule has 1 aromatic heterocycles. The van der Waals surface area contributed by atoms with Gasteiger partial charge in [0.25, 0.3) is 0 Å². The van der Waals surface area contributed by atoms with Crippen molar-refractivity contribution in [2.24, 2.45) is 5.92 Å². The van der Waals surface area contributed by atoms with Crippen LogP contribution in [0.4, 0.5) is 5.82 Å². The fourth-order valence-corrected chi connectivity index (χ4v) is 2.02. The lowest BCUT2D eigenvalue weighted by Gasteiger charge is -2.10. The Morgan fingerprint density at radius 2 is 2.07 bits per heavy atom. The maximum absolute atomic E-state index is 4.66. The first-order valence-electron chi connectivity index (χ1n) is 5.72. The summed E-state index contributed by atoms with van der Waals surface area (Å²) in [4.78, 5) is 9.25. The van der Waals surface area contributed by atoms with Crippen molar-refractivity contribution in [1.82, 2.24) is 9.97 Å². The van der Waals surface area contributed by atoms with E-state index in [1.165, 1.54) is 17.7 Å². The van der Waals surface area contributed by atoms with Crippen molar-refractivity contribution in [2.75, 3.05) is 12.4 Å². The maximum Gasteiger partial charge on any atom is 0.134 e. The predicted octanol–water partition coefficient (Wildman–Crippen LogP) is 2.51. The number of nitrogens with one attached hydrogen (secondary N) is 1. The standard InChI is InChI=1S/C12H19N3/c1-5-10-8(3)11(13-4)15-12(14-10)9-6-7(9)2/h7,9H,5-6H2,1-4H3,(H,13,14,15). The lowest BCUT2D eigenvalue weighted by atomic mass is 10.2. The largest absolute Gasteiger partial charge is 0.373 e. The molecule has 0 radical (unpaired) electrons. The van der Waals surface area contributed by atoms with Crippen LogP contribution in [-0.4, -0.2) is 17.0 Å². The summed E-state index contributed by atoms with van der Waals surface area (Å²) in [5, 5.41) is 3.16. The van der Waals surface area contributed by atoms with E-state index in [-0.39, 0.29) is 0 Å². The molecule has 15 heavy (non-hydrogen) atoms. The zero-order valence-corrected chi connectivity index (χ0v) is 9.96. The van der Waals surface area contributed by atoms with Crippen LogP contribution in [0.15, 0.2) is 0 Å². The normalized spacial score (nSPS) is 24.0. The van der Waals surface area contributed by atoms with Crippen molar-refractivity contribution in [3.05, 3.63) is 17.1 Å². The van der Waals surface area contributed by atoms with Crippen LogP contribution in [0, 0.1) is 12.8 Å². The number of hydrogen-bond donors (Lipinski definition) is 1. The Morgan fingerprint density at radius 3 is 2.53 bits per heavy atom. The summed E-state index contributed by atoms with van der Waals surface area (Å²) in [6, 6.07) is 0. The van der Waals surface area contributed by atoms with Crippen LogP contribution in [0.2, 0.25) is 0 Å². The van der Waals surface area contributed by atoms with Crippen molar-refractivity contribution in [1.29, 1.82) is 0 Å². The second-order valence-corrected chi connectivity index (χ2v) is 4.43. The molecule has 1 aliphatic rings. The topological polar surface area (TPSA) is 37.8 Å².